The monoisotopic (exact) mass is 293 g/mol. The van der Waals surface area contributed by atoms with Crippen molar-refractivity contribution in [2.75, 3.05) is 12.8 Å². The van der Waals surface area contributed by atoms with E-state index in [1.807, 2.05) is 5.32 Å². The lowest BCUT2D eigenvalue weighted by molar-refractivity contribution is -0.118. The molecule has 9 heteroatoms. The zero-order valence-corrected chi connectivity index (χ0v) is 10.4. The Kier molecular flexibility index (Phi) is 4.20. The molecule has 0 heterocycles. The smallest absolute Gasteiger partial charge is 0.335 e. The van der Waals surface area contributed by atoms with Crippen LogP contribution in [-0.4, -0.2) is 38.2 Å². The van der Waals surface area contributed by atoms with Crippen molar-refractivity contribution in [1.29, 1.82) is 0 Å². The van der Waals surface area contributed by atoms with Crippen LogP contribution in [0.4, 0.5) is 8.78 Å². The van der Waals surface area contributed by atoms with Crippen molar-refractivity contribution < 1.29 is 31.9 Å². The number of hydrogen-bond acceptors (Lipinski definition) is 4. The second-order valence-electron chi connectivity index (χ2n) is 3.51. The molecule has 0 aliphatic heterocycles. The Labute approximate surface area is 107 Å². The van der Waals surface area contributed by atoms with Gasteiger partial charge in [-0.25, -0.2) is 22.0 Å². The summed E-state index contributed by atoms with van der Waals surface area (Å²) < 4.78 is 49.9. The van der Waals surface area contributed by atoms with Gasteiger partial charge in [-0.1, -0.05) is 0 Å². The summed E-state index contributed by atoms with van der Waals surface area (Å²) in [6, 6.07) is 0.829. The summed E-state index contributed by atoms with van der Waals surface area (Å²) >= 11 is 0. The molecule has 0 aromatic heterocycles. The van der Waals surface area contributed by atoms with Gasteiger partial charge in [0.25, 0.3) is 0 Å². The standard InChI is InChI=1S/C10H9F2NO5S/c1-13-8(14)4-19(17,18)7-3-5(10(15)16)2-6(11)9(7)12/h2-3H,4H2,1H3,(H,13,14)(H,15,16). The Morgan fingerprint density at radius 3 is 2.37 bits per heavy atom. The van der Waals surface area contributed by atoms with Gasteiger partial charge in [0.15, 0.2) is 21.5 Å². The van der Waals surface area contributed by atoms with Crippen molar-refractivity contribution >= 4 is 21.7 Å². The molecule has 1 aromatic rings. The second kappa shape index (κ2) is 5.31. The number of rotatable bonds is 4. The van der Waals surface area contributed by atoms with Gasteiger partial charge in [-0.3, -0.25) is 4.79 Å². The number of carbonyl (C=O) groups excluding carboxylic acids is 1. The maximum absolute atomic E-state index is 13.4. The fraction of sp³-hybridized carbons (Fsp3) is 0.200. The number of hydrogen-bond donors (Lipinski definition) is 2. The maximum Gasteiger partial charge on any atom is 0.335 e. The molecule has 0 atom stereocenters. The molecule has 0 aliphatic carbocycles. The normalized spacial score (nSPS) is 11.1. The minimum atomic E-state index is -4.47. The van der Waals surface area contributed by atoms with Crippen molar-refractivity contribution in [2.45, 2.75) is 4.90 Å². The van der Waals surface area contributed by atoms with Crippen molar-refractivity contribution in [3.8, 4) is 0 Å². The van der Waals surface area contributed by atoms with Crippen LogP contribution in [0.25, 0.3) is 0 Å². The highest BCUT2D eigenvalue weighted by atomic mass is 32.2. The van der Waals surface area contributed by atoms with E-state index in [4.69, 9.17) is 5.11 Å². The van der Waals surface area contributed by atoms with Crippen LogP contribution in [0.5, 0.6) is 0 Å². The van der Waals surface area contributed by atoms with Crippen LogP contribution in [0.2, 0.25) is 0 Å². The first kappa shape index (κ1) is 15.0. The summed E-state index contributed by atoms with van der Waals surface area (Å²) in [5.41, 5.74) is -0.727. The van der Waals surface area contributed by atoms with Gasteiger partial charge in [0, 0.05) is 7.05 Å². The molecule has 0 fully saturated rings. The van der Waals surface area contributed by atoms with Gasteiger partial charge >= 0.3 is 5.97 Å². The quantitative estimate of drug-likeness (QED) is 0.825. The van der Waals surface area contributed by atoms with Crippen LogP contribution in [-0.2, 0) is 14.6 Å². The molecule has 1 amide bonds. The van der Waals surface area contributed by atoms with Gasteiger partial charge in [-0.05, 0) is 12.1 Å². The third kappa shape index (κ3) is 3.25. The van der Waals surface area contributed by atoms with E-state index >= 15 is 0 Å². The predicted octanol–water partition coefficient (Wildman–Crippen LogP) is 0.183. The van der Waals surface area contributed by atoms with Crippen LogP contribution in [0.3, 0.4) is 0 Å². The van der Waals surface area contributed by atoms with Crippen molar-refractivity contribution in [3.63, 3.8) is 0 Å². The van der Waals surface area contributed by atoms with Crippen LogP contribution in [0, 0.1) is 11.6 Å². The lowest BCUT2D eigenvalue weighted by Gasteiger charge is -2.07. The van der Waals surface area contributed by atoms with E-state index in [0.29, 0.717) is 12.1 Å². The molecule has 0 unspecified atom stereocenters. The van der Waals surface area contributed by atoms with E-state index < -0.39 is 49.6 Å². The number of carboxylic acid groups (broad SMARTS) is 1. The molecule has 0 radical (unpaired) electrons. The number of amides is 1. The number of halogens is 2. The number of sulfone groups is 1. The lowest BCUT2D eigenvalue weighted by atomic mass is 10.2. The zero-order chi connectivity index (χ0) is 14.8. The average Bonchev–Trinajstić information content (AvgIpc) is 2.31. The van der Waals surface area contributed by atoms with E-state index in [1.54, 1.807) is 0 Å². The third-order valence-corrected chi connectivity index (χ3v) is 3.79. The molecule has 1 aromatic carbocycles. The summed E-state index contributed by atoms with van der Waals surface area (Å²) in [7, 11) is -3.30. The zero-order valence-electron chi connectivity index (χ0n) is 9.61. The second-order valence-corrected chi connectivity index (χ2v) is 5.47. The van der Waals surface area contributed by atoms with Crippen molar-refractivity contribution in [3.05, 3.63) is 29.3 Å². The highest BCUT2D eigenvalue weighted by Gasteiger charge is 2.26. The van der Waals surface area contributed by atoms with E-state index in [1.165, 1.54) is 7.05 Å². The first-order valence-electron chi connectivity index (χ1n) is 4.84. The summed E-state index contributed by atoms with van der Waals surface area (Å²) in [5.74, 6) is -6.98. The molecule has 0 aliphatic rings. The first-order valence-corrected chi connectivity index (χ1v) is 6.50. The van der Waals surface area contributed by atoms with E-state index in [-0.39, 0.29) is 0 Å². The number of carboxylic acids is 1. The Hall–Kier alpha value is -2.03. The number of aromatic carboxylic acids is 1. The Balaban J connectivity index is 3.41. The molecule has 2 N–H and O–H groups in total. The number of benzene rings is 1. The first-order chi connectivity index (χ1) is 8.69. The molecule has 104 valence electrons. The number of nitrogens with one attached hydrogen (secondary N) is 1. The van der Waals surface area contributed by atoms with Gasteiger partial charge in [0.05, 0.1) is 5.56 Å². The van der Waals surface area contributed by atoms with Gasteiger partial charge in [-0.2, -0.15) is 0 Å². The Morgan fingerprint density at radius 2 is 1.89 bits per heavy atom. The Bertz CT molecular complexity index is 642. The molecule has 0 spiro atoms. The van der Waals surface area contributed by atoms with Gasteiger partial charge < -0.3 is 10.4 Å². The summed E-state index contributed by atoms with van der Waals surface area (Å²) in [4.78, 5) is 20.5. The molecule has 0 bridgehead atoms. The third-order valence-electron chi connectivity index (χ3n) is 2.18. The molecule has 0 saturated carbocycles. The van der Waals surface area contributed by atoms with E-state index in [2.05, 4.69) is 0 Å². The minimum absolute atomic E-state index is 0.358. The van der Waals surface area contributed by atoms with Crippen molar-refractivity contribution in [2.24, 2.45) is 0 Å². The summed E-state index contributed by atoms with van der Waals surface area (Å²) in [5, 5.41) is 10.7. The van der Waals surface area contributed by atoms with Gasteiger partial charge in [0.1, 0.15) is 10.6 Å². The molecular weight excluding hydrogens is 284 g/mol. The predicted molar refractivity (Wildman–Crippen MR) is 59.4 cm³/mol. The fourth-order valence-corrected chi connectivity index (χ4v) is 2.56. The van der Waals surface area contributed by atoms with E-state index in [9.17, 15) is 26.8 Å². The maximum atomic E-state index is 13.4. The minimum Gasteiger partial charge on any atom is -0.478 e. The molecule has 1 rings (SSSR count). The van der Waals surface area contributed by atoms with Crippen LogP contribution >= 0.6 is 0 Å². The fourth-order valence-electron chi connectivity index (χ4n) is 1.24. The highest BCUT2D eigenvalue weighted by Crippen LogP contribution is 2.21. The Morgan fingerprint density at radius 1 is 1.32 bits per heavy atom. The van der Waals surface area contributed by atoms with Gasteiger partial charge in [0.2, 0.25) is 5.91 Å². The average molecular weight is 293 g/mol. The van der Waals surface area contributed by atoms with E-state index in [0.717, 1.165) is 0 Å². The summed E-state index contributed by atoms with van der Waals surface area (Å²) in [6.45, 7) is 0. The largest absolute Gasteiger partial charge is 0.478 e. The summed E-state index contributed by atoms with van der Waals surface area (Å²) in [6.07, 6.45) is 0. The van der Waals surface area contributed by atoms with Crippen LogP contribution in [0.1, 0.15) is 10.4 Å². The topological polar surface area (TPSA) is 101 Å². The SMILES string of the molecule is CNC(=O)CS(=O)(=O)c1cc(C(=O)O)cc(F)c1F. The van der Waals surface area contributed by atoms with Gasteiger partial charge in [-0.15, -0.1) is 0 Å². The lowest BCUT2D eigenvalue weighted by Crippen LogP contribution is -2.27. The number of carbonyl (C=O) groups is 2. The van der Waals surface area contributed by atoms with Crippen LogP contribution in [0.15, 0.2) is 17.0 Å². The molecule has 6 nitrogen and oxygen atoms in total. The molecule has 19 heavy (non-hydrogen) atoms. The van der Waals surface area contributed by atoms with Crippen LogP contribution < -0.4 is 5.32 Å². The highest BCUT2D eigenvalue weighted by molar-refractivity contribution is 7.92. The molecule has 0 saturated heterocycles. The van der Waals surface area contributed by atoms with Crippen molar-refractivity contribution in [1.82, 2.24) is 5.32 Å². The molecular formula is C10H9F2NO5S.